The Balaban J connectivity index is 2.28. The van der Waals surface area contributed by atoms with Crippen LogP contribution in [0.1, 0.15) is 23.2 Å². The molecule has 0 spiro atoms. The molecule has 1 aliphatic rings. The number of carbonyl (C=O) groups is 2. The number of carbonyl (C=O) groups excluding carboxylic acids is 2. The average Bonchev–Trinajstić information content (AvgIpc) is 3.23. The van der Waals surface area contributed by atoms with Crippen molar-refractivity contribution in [2.75, 3.05) is 6.26 Å². The van der Waals surface area contributed by atoms with E-state index in [0.29, 0.717) is 10.6 Å². The Morgan fingerprint density at radius 2 is 2.28 bits per heavy atom. The Morgan fingerprint density at radius 1 is 1.56 bits per heavy atom. The van der Waals surface area contributed by atoms with Crippen LogP contribution in [0.3, 0.4) is 0 Å². The molecular weight excluding hydrogens is 248 g/mol. The van der Waals surface area contributed by atoms with Gasteiger partial charge in [0, 0.05) is 12.1 Å². The van der Waals surface area contributed by atoms with E-state index in [1.165, 1.54) is 11.8 Å². The molecule has 92 valence electrons. The van der Waals surface area contributed by atoms with Crippen molar-refractivity contribution in [1.29, 1.82) is 5.26 Å². The first kappa shape index (κ1) is 12.8. The lowest BCUT2D eigenvalue weighted by molar-refractivity contribution is -0.121. The second-order valence-electron chi connectivity index (χ2n) is 4.16. The summed E-state index contributed by atoms with van der Waals surface area (Å²) >= 11 is 1.33. The molecule has 1 aliphatic carbocycles. The van der Waals surface area contributed by atoms with Crippen molar-refractivity contribution < 1.29 is 9.59 Å². The summed E-state index contributed by atoms with van der Waals surface area (Å²) in [4.78, 5) is 28.2. The van der Waals surface area contributed by atoms with Gasteiger partial charge in [0.25, 0.3) is 0 Å². The highest BCUT2D eigenvalue weighted by Gasteiger charge is 2.39. The normalized spacial score (nSPS) is 15.8. The highest BCUT2D eigenvalue weighted by Crippen LogP contribution is 2.33. The van der Waals surface area contributed by atoms with Gasteiger partial charge in [-0.1, -0.05) is 0 Å². The number of hydrogen-bond donors (Lipinski definition) is 0. The van der Waals surface area contributed by atoms with Gasteiger partial charge < -0.3 is 0 Å². The van der Waals surface area contributed by atoms with E-state index in [-0.39, 0.29) is 11.7 Å². The zero-order chi connectivity index (χ0) is 13.1. The zero-order valence-electron chi connectivity index (χ0n) is 9.92. The first-order chi connectivity index (χ1) is 8.69. The molecule has 4 nitrogen and oxygen atoms in total. The van der Waals surface area contributed by atoms with Crippen LogP contribution in [0, 0.1) is 23.2 Å². The van der Waals surface area contributed by atoms with Gasteiger partial charge >= 0.3 is 0 Å². The maximum Gasteiger partial charge on any atom is 0.190 e. The number of pyridine rings is 1. The maximum absolute atomic E-state index is 12.2. The molecule has 0 N–H and O–H groups in total. The minimum Gasteiger partial charge on any atom is -0.297 e. The lowest BCUT2D eigenvalue weighted by atomic mass is 9.93. The molecule has 1 aromatic rings. The highest BCUT2D eigenvalue weighted by atomic mass is 32.2. The summed E-state index contributed by atoms with van der Waals surface area (Å²) in [6.45, 7) is 0. The van der Waals surface area contributed by atoms with Crippen LogP contribution < -0.4 is 0 Å². The number of rotatable bonds is 5. The van der Waals surface area contributed by atoms with Crippen LogP contribution in [-0.2, 0) is 4.79 Å². The molecule has 1 fully saturated rings. The molecule has 0 amide bonds. The topological polar surface area (TPSA) is 70.8 Å². The predicted molar refractivity (Wildman–Crippen MR) is 67.2 cm³/mol. The van der Waals surface area contributed by atoms with Crippen molar-refractivity contribution >= 4 is 23.3 Å². The maximum atomic E-state index is 12.2. The lowest BCUT2D eigenvalue weighted by Gasteiger charge is -2.08. The van der Waals surface area contributed by atoms with Gasteiger partial charge in [-0.05, 0) is 31.2 Å². The Bertz CT molecular complexity index is 532. The molecule has 1 heterocycles. The van der Waals surface area contributed by atoms with Gasteiger partial charge in [0.05, 0.1) is 11.6 Å². The number of Topliss-reactive ketones (excluding diaryl/α,β-unsaturated/α-hetero) is 2. The van der Waals surface area contributed by atoms with E-state index < -0.39 is 11.7 Å². The first-order valence-electron chi connectivity index (χ1n) is 5.65. The fraction of sp³-hybridized carbons (Fsp3) is 0.385. The number of aromatic nitrogens is 1. The molecule has 0 saturated heterocycles. The zero-order valence-corrected chi connectivity index (χ0v) is 10.7. The number of ketones is 2. The summed E-state index contributed by atoms with van der Waals surface area (Å²) in [7, 11) is 0. The minimum atomic E-state index is -1.17. The van der Waals surface area contributed by atoms with Crippen molar-refractivity contribution in [1.82, 2.24) is 4.98 Å². The van der Waals surface area contributed by atoms with E-state index in [0.717, 1.165) is 12.8 Å². The largest absolute Gasteiger partial charge is 0.297 e. The molecule has 5 heteroatoms. The smallest absolute Gasteiger partial charge is 0.190 e. The van der Waals surface area contributed by atoms with Crippen LogP contribution in [0.4, 0.5) is 0 Å². The fourth-order valence-corrected chi connectivity index (χ4v) is 2.31. The van der Waals surface area contributed by atoms with E-state index in [2.05, 4.69) is 4.98 Å². The second-order valence-corrected chi connectivity index (χ2v) is 4.96. The predicted octanol–water partition coefficient (Wildman–Crippen LogP) is 2.11. The summed E-state index contributed by atoms with van der Waals surface area (Å²) in [6, 6.07) is 5.10. The standard InChI is InChI=1S/C13H12N2O2S/c1-18-13-9(3-2-6-15-13)12(17)10(7-14)11(16)8-4-5-8/h2-3,6,8,10H,4-5H2,1H3. The number of thioether (sulfide) groups is 1. The van der Waals surface area contributed by atoms with Crippen LogP contribution in [0.5, 0.6) is 0 Å². The molecule has 1 saturated carbocycles. The van der Waals surface area contributed by atoms with Crippen molar-refractivity contribution in [2.45, 2.75) is 17.9 Å². The van der Waals surface area contributed by atoms with Crippen LogP contribution in [-0.4, -0.2) is 22.8 Å². The summed E-state index contributed by atoms with van der Waals surface area (Å²) in [6.07, 6.45) is 5.00. The molecule has 1 unspecified atom stereocenters. The van der Waals surface area contributed by atoms with Gasteiger partial charge in [0.1, 0.15) is 5.03 Å². The third-order valence-electron chi connectivity index (χ3n) is 2.89. The minimum absolute atomic E-state index is 0.0898. The third-order valence-corrected chi connectivity index (χ3v) is 3.60. The number of nitriles is 1. The van der Waals surface area contributed by atoms with Gasteiger partial charge in [-0.15, -0.1) is 11.8 Å². The molecule has 0 aromatic carbocycles. The van der Waals surface area contributed by atoms with Crippen LogP contribution in [0.2, 0.25) is 0 Å². The van der Waals surface area contributed by atoms with Crippen molar-refractivity contribution in [3.8, 4) is 6.07 Å². The molecule has 2 rings (SSSR count). The van der Waals surface area contributed by atoms with Crippen LogP contribution in [0.15, 0.2) is 23.4 Å². The Labute approximate surface area is 109 Å². The molecule has 0 aliphatic heterocycles. The SMILES string of the molecule is CSc1ncccc1C(=O)C(C#N)C(=O)C1CC1. The van der Waals surface area contributed by atoms with Crippen molar-refractivity contribution in [3.63, 3.8) is 0 Å². The Kier molecular flexibility index (Phi) is 3.78. The molecule has 0 bridgehead atoms. The Morgan fingerprint density at radius 3 is 2.83 bits per heavy atom. The molecule has 0 radical (unpaired) electrons. The van der Waals surface area contributed by atoms with Crippen molar-refractivity contribution in [3.05, 3.63) is 23.9 Å². The van der Waals surface area contributed by atoms with E-state index in [4.69, 9.17) is 5.26 Å². The summed E-state index contributed by atoms with van der Waals surface area (Å²) < 4.78 is 0. The number of nitrogens with zero attached hydrogens (tertiary/aromatic N) is 2. The monoisotopic (exact) mass is 260 g/mol. The fourth-order valence-electron chi connectivity index (χ4n) is 1.75. The lowest BCUT2D eigenvalue weighted by Crippen LogP contribution is -2.24. The van der Waals surface area contributed by atoms with Gasteiger partial charge in [-0.2, -0.15) is 5.26 Å². The van der Waals surface area contributed by atoms with Crippen LogP contribution >= 0.6 is 11.8 Å². The highest BCUT2D eigenvalue weighted by molar-refractivity contribution is 7.98. The van der Waals surface area contributed by atoms with E-state index in [1.54, 1.807) is 18.3 Å². The van der Waals surface area contributed by atoms with Gasteiger partial charge in [0.15, 0.2) is 17.5 Å². The summed E-state index contributed by atoms with van der Waals surface area (Å²) in [5.74, 6) is -1.93. The second kappa shape index (κ2) is 5.32. The van der Waals surface area contributed by atoms with E-state index in [1.807, 2.05) is 12.3 Å². The summed E-state index contributed by atoms with van der Waals surface area (Å²) in [5.41, 5.74) is 0.366. The van der Waals surface area contributed by atoms with Crippen LogP contribution in [0.25, 0.3) is 0 Å². The molecule has 18 heavy (non-hydrogen) atoms. The Hall–Kier alpha value is -1.67. The van der Waals surface area contributed by atoms with Gasteiger partial charge in [-0.3, -0.25) is 9.59 Å². The number of hydrogen-bond acceptors (Lipinski definition) is 5. The first-order valence-corrected chi connectivity index (χ1v) is 6.88. The molecule has 1 aromatic heterocycles. The average molecular weight is 260 g/mol. The van der Waals surface area contributed by atoms with E-state index in [9.17, 15) is 9.59 Å². The molecule has 1 atom stereocenters. The van der Waals surface area contributed by atoms with Gasteiger partial charge in [-0.25, -0.2) is 4.98 Å². The third kappa shape index (κ3) is 2.44. The van der Waals surface area contributed by atoms with Crippen molar-refractivity contribution in [2.24, 2.45) is 11.8 Å². The molecular formula is C13H12N2O2S. The summed E-state index contributed by atoms with van der Waals surface area (Å²) in [5, 5.41) is 9.61. The van der Waals surface area contributed by atoms with Gasteiger partial charge in [0.2, 0.25) is 0 Å². The van der Waals surface area contributed by atoms with E-state index >= 15 is 0 Å². The quantitative estimate of drug-likeness (QED) is 0.460.